The number of carbonyl (C=O) groups excluding carboxylic acids is 1. The number of hydrogen-bond donors (Lipinski definition) is 1. The van der Waals surface area contributed by atoms with Gasteiger partial charge in [-0.15, -0.1) is 11.3 Å². The Labute approximate surface area is 129 Å². The predicted molar refractivity (Wildman–Crippen MR) is 87.9 cm³/mol. The smallest absolute Gasteiger partial charge is 0.321 e. The first kappa shape index (κ1) is 14.3. The molecule has 1 aliphatic rings. The third-order valence-electron chi connectivity index (χ3n) is 3.90. The zero-order chi connectivity index (χ0) is 15.0. The van der Waals surface area contributed by atoms with Gasteiger partial charge in [0.25, 0.3) is 0 Å². The van der Waals surface area contributed by atoms with E-state index in [1.54, 1.807) is 11.3 Å². The fourth-order valence-corrected chi connectivity index (χ4v) is 4.02. The second kappa shape index (κ2) is 5.64. The number of carbonyl (C=O) groups is 1. The van der Waals surface area contributed by atoms with Gasteiger partial charge < -0.3 is 10.2 Å². The fraction of sp³-hybridized carbons (Fsp3) is 0.500. The van der Waals surface area contributed by atoms with Gasteiger partial charge in [0.1, 0.15) is 0 Å². The van der Waals surface area contributed by atoms with Crippen molar-refractivity contribution in [2.45, 2.75) is 27.2 Å². The second-order valence-electron chi connectivity index (χ2n) is 6.20. The molecule has 21 heavy (non-hydrogen) atoms. The molecule has 2 amide bonds. The zero-order valence-electron chi connectivity index (χ0n) is 12.7. The fourth-order valence-electron chi connectivity index (χ4n) is 3.15. The number of rotatable bonds is 1. The number of aryl methyl sites for hydroxylation is 1. The van der Waals surface area contributed by atoms with Gasteiger partial charge in [-0.05, 0) is 43.4 Å². The Kier molecular flexibility index (Phi) is 3.85. The van der Waals surface area contributed by atoms with Crippen LogP contribution in [0.15, 0.2) is 18.2 Å². The first-order valence-electron chi connectivity index (χ1n) is 7.44. The molecule has 3 rings (SSSR count). The van der Waals surface area contributed by atoms with Crippen LogP contribution in [0.1, 0.15) is 25.3 Å². The van der Waals surface area contributed by atoms with Gasteiger partial charge in [-0.25, -0.2) is 9.78 Å². The van der Waals surface area contributed by atoms with Crippen molar-refractivity contribution in [3.8, 4) is 0 Å². The van der Waals surface area contributed by atoms with Gasteiger partial charge in [0, 0.05) is 18.8 Å². The van der Waals surface area contributed by atoms with Crippen molar-refractivity contribution in [3.63, 3.8) is 0 Å². The van der Waals surface area contributed by atoms with E-state index in [9.17, 15) is 4.79 Å². The lowest BCUT2D eigenvalue weighted by molar-refractivity contribution is 0.156. The molecule has 2 aromatic rings. The van der Waals surface area contributed by atoms with Crippen LogP contribution in [0.5, 0.6) is 0 Å². The Hall–Kier alpha value is -1.62. The molecule has 0 unspecified atom stereocenters. The summed E-state index contributed by atoms with van der Waals surface area (Å²) in [6, 6.07) is 5.91. The number of piperidine rings is 1. The summed E-state index contributed by atoms with van der Waals surface area (Å²) in [5, 5.41) is 4.07. The monoisotopic (exact) mass is 303 g/mol. The lowest BCUT2D eigenvalue weighted by Gasteiger charge is -2.34. The van der Waals surface area contributed by atoms with Gasteiger partial charge in [0.15, 0.2) is 0 Å². The molecule has 1 saturated heterocycles. The molecule has 2 heterocycles. The van der Waals surface area contributed by atoms with Crippen molar-refractivity contribution in [2.24, 2.45) is 11.8 Å². The van der Waals surface area contributed by atoms with Gasteiger partial charge in [-0.1, -0.05) is 13.8 Å². The van der Waals surface area contributed by atoms with E-state index in [1.807, 2.05) is 30.0 Å². The molecule has 5 heteroatoms. The molecule has 2 atom stereocenters. The number of nitrogens with zero attached hydrogens (tertiary/aromatic N) is 2. The van der Waals surface area contributed by atoms with Crippen LogP contribution in [0.3, 0.4) is 0 Å². The molecule has 1 aromatic heterocycles. The van der Waals surface area contributed by atoms with E-state index in [1.165, 1.54) is 6.42 Å². The summed E-state index contributed by atoms with van der Waals surface area (Å²) >= 11 is 1.65. The first-order valence-corrected chi connectivity index (χ1v) is 8.26. The van der Waals surface area contributed by atoms with Crippen LogP contribution in [-0.2, 0) is 0 Å². The highest BCUT2D eigenvalue weighted by Gasteiger charge is 2.25. The molecule has 0 saturated carbocycles. The number of thiazole rings is 1. The van der Waals surface area contributed by atoms with Crippen molar-refractivity contribution in [1.29, 1.82) is 0 Å². The summed E-state index contributed by atoms with van der Waals surface area (Å²) in [7, 11) is 0. The molecule has 1 fully saturated rings. The van der Waals surface area contributed by atoms with E-state index in [2.05, 4.69) is 24.1 Å². The number of nitrogens with one attached hydrogen (secondary N) is 1. The van der Waals surface area contributed by atoms with Crippen LogP contribution >= 0.6 is 11.3 Å². The summed E-state index contributed by atoms with van der Waals surface area (Å²) in [6.07, 6.45) is 1.20. The molecule has 112 valence electrons. The average Bonchev–Trinajstić information content (AvgIpc) is 2.77. The maximum Gasteiger partial charge on any atom is 0.321 e. The van der Waals surface area contributed by atoms with E-state index >= 15 is 0 Å². The standard InChI is InChI=1S/C16H21N3OS/c1-10-6-11(2)9-19(8-10)16(20)18-13-4-5-14-15(7-13)21-12(3)17-14/h4-5,7,10-11H,6,8-9H2,1-3H3,(H,18,20)/t10-,11-/m0/s1. The Balaban J connectivity index is 1.73. The van der Waals surface area contributed by atoms with Crippen LogP contribution < -0.4 is 5.32 Å². The normalized spacial score (nSPS) is 22.5. The van der Waals surface area contributed by atoms with Crippen LogP contribution in [0, 0.1) is 18.8 Å². The molecule has 1 aromatic carbocycles. The van der Waals surface area contributed by atoms with E-state index in [-0.39, 0.29) is 6.03 Å². The van der Waals surface area contributed by atoms with Crippen molar-refractivity contribution in [3.05, 3.63) is 23.2 Å². The van der Waals surface area contributed by atoms with E-state index < -0.39 is 0 Å². The first-order chi connectivity index (χ1) is 10.0. The van der Waals surface area contributed by atoms with Gasteiger partial charge in [0.05, 0.1) is 15.2 Å². The van der Waals surface area contributed by atoms with Crippen LogP contribution in [-0.4, -0.2) is 29.0 Å². The van der Waals surface area contributed by atoms with Crippen LogP contribution in [0.2, 0.25) is 0 Å². The number of urea groups is 1. The number of hydrogen-bond acceptors (Lipinski definition) is 3. The maximum atomic E-state index is 12.4. The zero-order valence-corrected chi connectivity index (χ0v) is 13.5. The summed E-state index contributed by atoms with van der Waals surface area (Å²) in [5.41, 5.74) is 1.85. The van der Waals surface area contributed by atoms with Crippen molar-refractivity contribution in [2.75, 3.05) is 18.4 Å². The molecule has 0 aliphatic carbocycles. The van der Waals surface area contributed by atoms with E-state index in [4.69, 9.17) is 0 Å². The van der Waals surface area contributed by atoms with Crippen LogP contribution in [0.25, 0.3) is 10.2 Å². The summed E-state index contributed by atoms with van der Waals surface area (Å²) < 4.78 is 1.12. The minimum absolute atomic E-state index is 0.00832. The van der Waals surface area contributed by atoms with Gasteiger partial charge in [-0.3, -0.25) is 0 Å². The lowest BCUT2D eigenvalue weighted by Crippen LogP contribution is -2.44. The van der Waals surface area contributed by atoms with Crippen molar-refractivity contribution in [1.82, 2.24) is 9.88 Å². The molecular formula is C16H21N3OS. The Morgan fingerprint density at radius 3 is 2.76 bits per heavy atom. The lowest BCUT2D eigenvalue weighted by atomic mass is 9.92. The largest absolute Gasteiger partial charge is 0.324 e. The molecule has 1 N–H and O–H groups in total. The molecule has 4 nitrogen and oxygen atoms in total. The summed E-state index contributed by atoms with van der Waals surface area (Å²) in [5.74, 6) is 1.15. The van der Waals surface area contributed by atoms with Crippen molar-refractivity contribution >= 4 is 33.3 Å². The highest BCUT2D eigenvalue weighted by molar-refractivity contribution is 7.18. The van der Waals surface area contributed by atoms with Gasteiger partial charge >= 0.3 is 6.03 Å². The number of anilines is 1. The number of benzene rings is 1. The number of aromatic nitrogens is 1. The topological polar surface area (TPSA) is 45.2 Å². The van der Waals surface area contributed by atoms with Gasteiger partial charge in [0.2, 0.25) is 0 Å². The Bertz CT molecular complexity index is 657. The van der Waals surface area contributed by atoms with E-state index in [0.717, 1.165) is 34.0 Å². The number of amides is 2. The SMILES string of the molecule is Cc1nc2ccc(NC(=O)N3C[C@@H](C)C[C@H](C)C3)cc2s1. The summed E-state index contributed by atoms with van der Waals surface area (Å²) in [4.78, 5) is 18.8. The highest BCUT2D eigenvalue weighted by Crippen LogP contribution is 2.26. The third kappa shape index (κ3) is 3.18. The second-order valence-corrected chi connectivity index (χ2v) is 7.43. The van der Waals surface area contributed by atoms with Gasteiger partial charge in [-0.2, -0.15) is 0 Å². The Morgan fingerprint density at radius 2 is 2.05 bits per heavy atom. The molecule has 0 bridgehead atoms. The summed E-state index contributed by atoms with van der Waals surface area (Å²) in [6.45, 7) is 8.11. The molecule has 0 radical (unpaired) electrons. The highest BCUT2D eigenvalue weighted by atomic mass is 32.1. The minimum atomic E-state index is 0.00832. The maximum absolute atomic E-state index is 12.4. The number of likely N-dealkylation sites (tertiary alicyclic amines) is 1. The number of fused-ring (bicyclic) bond motifs is 1. The van der Waals surface area contributed by atoms with E-state index in [0.29, 0.717) is 11.8 Å². The van der Waals surface area contributed by atoms with Crippen molar-refractivity contribution < 1.29 is 4.79 Å². The molecular weight excluding hydrogens is 282 g/mol. The third-order valence-corrected chi connectivity index (χ3v) is 4.84. The van der Waals surface area contributed by atoms with Crippen LogP contribution in [0.4, 0.5) is 10.5 Å². The molecule has 0 spiro atoms. The Morgan fingerprint density at radius 1 is 1.33 bits per heavy atom. The predicted octanol–water partition coefficient (Wildman–Crippen LogP) is 4.11. The molecule has 1 aliphatic heterocycles. The average molecular weight is 303 g/mol. The minimum Gasteiger partial charge on any atom is -0.324 e. The quantitative estimate of drug-likeness (QED) is 0.861.